The Bertz CT molecular complexity index is 1190. The van der Waals surface area contributed by atoms with Crippen LogP contribution in [-0.4, -0.2) is 50.2 Å². The zero-order valence-electron chi connectivity index (χ0n) is 17.3. The number of amides is 1. The number of hydrogen-bond acceptors (Lipinski definition) is 6. The van der Waals surface area contributed by atoms with E-state index >= 15 is 0 Å². The predicted octanol–water partition coefficient (Wildman–Crippen LogP) is 2.40. The standard InChI is InChI=1S/C22H23N3O5S/c1-14-9-10-16(12-15(14)2)23-20(26)13-30-22(27)18-7-5-11-25(18)21-17-6-3-4-8-19(17)31(28,29)24-21/h3-4,6,8-10,12,18H,5,7,11,13H2,1-2H3,(H,23,26). The number of benzene rings is 2. The number of nitrogens with zero attached hydrogens (tertiary/aromatic N) is 2. The van der Waals surface area contributed by atoms with Gasteiger partial charge in [-0.1, -0.05) is 18.2 Å². The molecule has 8 nitrogen and oxygen atoms in total. The van der Waals surface area contributed by atoms with Crippen LogP contribution in [0, 0.1) is 13.8 Å². The summed E-state index contributed by atoms with van der Waals surface area (Å²) in [6, 6.07) is 11.4. The Morgan fingerprint density at radius 3 is 2.71 bits per heavy atom. The van der Waals surface area contributed by atoms with Crippen LogP contribution in [0.2, 0.25) is 0 Å². The number of rotatable bonds is 4. The van der Waals surface area contributed by atoms with Crippen LogP contribution < -0.4 is 5.32 Å². The quantitative estimate of drug-likeness (QED) is 0.731. The van der Waals surface area contributed by atoms with E-state index in [-0.39, 0.29) is 10.7 Å². The van der Waals surface area contributed by atoms with Crippen molar-refractivity contribution in [2.24, 2.45) is 4.40 Å². The van der Waals surface area contributed by atoms with Gasteiger partial charge in [0.25, 0.3) is 15.9 Å². The topological polar surface area (TPSA) is 105 Å². The highest BCUT2D eigenvalue weighted by Crippen LogP contribution is 2.31. The van der Waals surface area contributed by atoms with Gasteiger partial charge in [-0.15, -0.1) is 4.40 Å². The summed E-state index contributed by atoms with van der Waals surface area (Å²) in [7, 11) is -3.78. The van der Waals surface area contributed by atoms with Crippen LogP contribution in [0.1, 0.15) is 29.5 Å². The van der Waals surface area contributed by atoms with Gasteiger partial charge in [-0.3, -0.25) is 4.79 Å². The molecule has 31 heavy (non-hydrogen) atoms. The van der Waals surface area contributed by atoms with Crippen LogP contribution in [0.3, 0.4) is 0 Å². The molecular formula is C22H23N3O5S. The van der Waals surface area contributed by atoms with Crippen molar-refractivity contribution >= 4 is 33.4 Å². The van der Waals surface area contributed by atoms with Crippen molar-refractivity contribution in [1.29, 1.82) is 0 Å². The maximum Gasteiger partial charge on any atom is 0.329 e. The first kappa shape index (κ1) is 21.0. The minimum absolute atomic E-state index is 0.136. The van der Waals surface area contributed by atoms with E-state index in [0.29, 0.717) is 30.6 Å². The molecule has 2 aliphatic heterocycles. The molecule has 162 valence electrons. The van der Waals surface area contributed by atoms with Crippen LogP contribution in [0.4, 0.5) is 5.69 Å². The number of nitrogens with one attached hydrogen (secondary N) is 1. The number of ether oxygens (including phenoxy) is 1. The number of carbonyl (C=O) groups is 2. The average molecular weight is 442 g/mol. The third kappa shape index (κ3) is 4.18. The molecule has 1 saturated heterocycles. The number of anilines is 1. The van der Waals surface area contributed by atoms with Crippen LogP contribution in [0.5, 0.6) is 0 Å². The molecular weight excluding hydrogens is 418 g/mol. The average Bonchev–Trinajstić information content (AvgIpc) is 3.32. The number of aryl methyl sites for hydroxylation is 2. The predicted molar refractivity (Wildman–Crippen MR) is 115 cm³/mol. The Balaban J connectivity index is 1.42. The van der Waals surface area contributed by atoms with E-state index in [1.54, 1.807) is 29.2 Å². The molecule has 0 bridgehead atoms. The molecule has 0 spiro atoms. The van der Waals surface area contributed by atoms with Crippen molar-refractivity contribution in [2.75, 3.05) is 18.5 Å². The molecule has 0 saturated carbocycles. The maximum atomic E-state index is 12.7. The molecule has 2 aliphatic rings. The third-order valence-electron chi connectivity index (χ3n) is 5.55. The molecule has 0 radical (unpaired) electrons. The number of sulfonamides is 1. The van der Waals surface area contributed by atoms with Crippen LogP contribution in [0.25, 0.3) is 0 Å². The van der Waals surface area contributed by atoms with E-state index in [1.165, 1.54) is 6.07 Å². The van der Waals surface area contributed by atoms with E-state index in [2.05, 4.69) is 9.71 Å². The van der Waals surface area contributed by atoms with E-state index < -0.39 is 34.5 Å². The second-order valence-corrected chi connectivity index (χ2v) is 9.26. The van der Waals surface area contributed by atoms with Gasteiger partial charge in [0.05, 0.1) is 0 Å². The Labute approximate surface area is 181 Å². The molecule has 2 aromatic carbocycles. The number of carbonyl (C=O) groups excluding carboxylic acids is 2. The minimum atomic E-state index is -3.78. The summed E-state index contributed by atoms with van der Waals surface area (Å²) in [5.41, 5.74) is 3.27. The normalized spacial score (nSPS) is 19.0. The number of amidine groups is 1. The molecule has 9 heteroatoms. The smallest absolute Gasteiger partial charge is 0.329 e. The molecule has 2 heterocycles. The van der Waals surface area contributed by atoms with Gasteiger partial charge in [0, 0.05) is 17.8 Å². The van der Waals surface area contributed by atoms with E-state index in [0.717, 1.165) is 11.1 Å². The molecule has 4 rings (SSSR count). The third-order valence-corrected chi connectivity index (χ3v) is 6.87. The summed E-state index contributed by atoms with van der Waals surface area (Å²) in [6.45, 7) is 3.99. The first-order valence-corrected chi connectivity index (χ1v) is 11.4. The van der Waals surface area contributed by atoms with Gasteiger partial charge in [0.15, 0.2) is 12.4 Å². The lowest BCUT2D eigenvalue weighted by Gasteiger charge is -2.24. The van der Waals surface area contributed by atoms with Crippen molar-refractivity contribution in [3.63, 3.8) is 0 Å². The molecule has 2 aromatic rings. The highest BCUT2D eigenvalue weighted by Gasteiger charge is 2.40. The lowest BCUT2D eigenvalue weighted by molar-refractivity contribution is -0.150. The Morgan fingerprint density at radius 2 is 1.94 bits per heavy atom. The van der Waals surface area contributed by atoms with Crippen molar-refractivity contribution in [3.05, 3.63) is 59.2 Å². The number of fused-ring (bicyclic) bond motifs is 1. The zero-order chi connectivity index (χ0) is 22.2. The van der Waals surface area contributed by atoms with Crippen molar-refractivity contribution in [2.45, 2.75) is 37.6 Å². The molecule has 0 aromatic heterocycles. The van der Waals surface area contributed by atoms with Crippen molar-refractivity contribution < 1.29 is 22.7 Å². The second kappa shape index (κ2) is 8.14. The first-order valence-electron chi connectivity index (χ1n) is 10.0. The van der Waals surface area contributed by atoms with Crippen molar-refractivity contribution in [3.8, 4) is 0 Å². The van der Waals surface area contributed by atoms with Gasteiger partial charge in [-0.2, -0.15) is 8.42 Å². The van der Waals surface area contributed by atoms with E-state index in [4.69, 9.17) is 4.74 Å². The Hall–Kier alpha value is -3.20. The number of esters is 1. The Morgan fingerprint density at radius 1 is 1.16 bits per heavy atom. The molecule has 1 amide bonds. The molecule has 1 unspecified atom stereocenters. The fourth-order valence-electron chi connectivity index (χ4n) is 3.81. The lowest BCUT2D eigenvalue weighted by Crippen LogP contribution is -2.42. The van der Waals surface area contributed by atoms with E-state index in [9.17, 15) is 18.0 Å². The van der Waals surface area contributed by atoms with Gasteiger partial charge in [0.2, 0.25) is 0 Å². The summed E-state index contributed by atoms with van der Waals surface area (Å²) < 4.78 is 33.8. The highest BCUT2D eigenvalue weighted by atomic mass is 32.2. The van der Waals surface area contributed by atoms with Crippen LogP contribution >= 0.6 is 0 Å². The van der Waals surface area contributed by atoms with Crippen LogP contribution in [-0.2, 0) is 24.3 Å². The largest absolute Gasteiger partial charge is 0.454 e. The zero-order valence-corrected chi connectivity index (χ0v) is 18.1. The summed E-state index contributed by atoms with van der Waals surface area (Å²) in [5, 5.41) is 2.71. The SMILES string of the molecule is Cc1ccc(NC(=O)COC(=O)C2CCCN2C2=NS(=O)(=O)c3ccccc32)cc1C. The number of likely N-dealkylation sites (tertiary alicyclic amines) is 1. The maximum absolute atomic E-state index is 12.7. The summed E-state index contributed by atoms with van der Waals surface area (Å²) in [6.07, 6.45) is 1.19. The fourth-order valence-corrected chi connectivity index (χ4v) is 5.03. The summed E-state index contributed by atoms with van der Waals surface area (Å²) in [4.78, 5) is 26.7. The van der Waals surface area contributed by atoms with Crippen LogP contribution in [0.15, 0.2) is 51.8 Å². The fraction of sp³-hybridized carbons (Fsp3) is 0.318. The van der Waals surface area contributed by atoms with Gasteiger partial charge < -0.3 is 15.0 Å². The highest BCUT2D eigenvalue weighted by molar-refractivity contribution is 7.90. The number of hydrogen-bond donors (Lipinski definition) is 1. The van der Waals surface area contributed by atoms with E-state index in [1.807, 2.05) is 26.0 Å². The monoisotopic (exact) mass is 441 g/mol. The molecule has 1 N–H and O–H groups in total. The minimum Gasteiger partial charge on any atom is -0.454 e. The van der Waals surface area contributed by atoms with Gasteiger partial charge in [0.1, 0.15) is 10.9 Å². The summed E-state index contributed by atoms with van der Waals surface area (Å²) in [5.74, 6) is -0.751. The second-order valence-electron chi connectivity index (χ2n) is 7.69. The first-order chi connectivity index (χ1) is 14.8. The van der Waals surface area contributed by atoms with Crippen molar-refractivity contribution in [1.82, 2.24) is 4.90 Å². The van der Waals surface area contributed by atoms with Gasteiger partial charge in [-0.05, 0) is 62.1 Å². The van der Waals surface area contributed by atoms with Gasteiger partial charge >= 0.3 is 5.97 Å². The summed E-state index contributed by atoms with van der Waals surface area (Å²) >= 11 is 0. The Kier molecular flexibility index (Phi) is 5.53. The molecule has 1 fully saturated rings. The molecule has 0 aliphatic carbocycles. The molecule has 1 atom stereocenters. The lowest BCUT2D eigenvalue weighted by atomic mass is 10.1. The van der Waals surface area contributed by atoms with Gasteiger partial charge in [-0.25, -0.2) is 4.79 Å².